The highest BCUT2D eigenvalue weighted by atomic mass is 35.5. The van der Waals surface area contributed by atoms with Gasteiger partial charge in [-0.05, 0) is 55.7 Å². The number of carbonyl (C=O) groups is 3. The molecule has 8 heteroatoms. The molecule has 34 heavy (non-hydrogen) atoms. The number of amides is 3. The Hall–Kier alpha value is -2.90. The van der Waals surface area contributed by atoms with Gasteiger partial charge < -0.3 is 15.0 Å². The first-order valence-electron chi connectivity index (χ1n) is 11.8. The van der Waals surface area contributed by atoms with Crippen LogP contribution in [0.1, 0.15) is 52.0 Å². The predicted molar refractivity (Wildman–Crippen MR) is 128 cm³/mol. The fourth-order valence-electron chi connectivity index (χ4n) is 4.87. The van der Waals surface area contributed by atoms with E-state index in [4.69, 9.17) is 16.3 Å². The number of carbonyl (C=O) groups excluding carboxylic acids is 3. The maximum absolute atomic E-state index is 13.8. The van der Waals surface area contributed by atoms with Crippen molar-refractivity contribution in [3.63, 3.8) is 0 Å². The Morgan fingerprint density at radius 1 is 1.00 bits per heavy atom. The van der Waals surface area contributed by atoms with Gasteiger partial charge in [-0.3, -0.25) is 19.3 Å². The van der Waals surface area contributed by atoms with Gasteiger partial charge >= 0.3 is 0 Å². The molecular formula is C26H28ClN3O4. The molecule has 5 rings (SSSR count). The number of likely N-dealkylation sites (tertiary alicyclic amines) is 1. The van der Waals surface area contributed by atoms with Crippen LogP contribution >= 0.6 is 11.6 Å². The number of aryl methyl sites for hydroxylation is 1. The molecule has 2 heterocycles. The van der Waals surface area contributed by atoms with Gasteiger partial charge in [0.25, 0.3) is 11.8 Å². The molecule has 0 bridgehead atoms. The molecule has 3 amide bonds. The molecule has 1 saturated carbocycles. The summed E-state index contributed by atoms with van der Waals surface area (Å²) >= 11 is 5.95. The lowest BCUT2D eigenvalue weighted by Crippen LogP contribution is -2.60. The number of halogens is 1. The number of benzene rings is 2. The van der Waals surface area contributed by atoms with Crippen molar-refractivity contribution in [1.82, 2.24) is 15.1 Å². The van der Waals surface area contributed by atoms with Crippen LogP contribution in [0.3, 0.4) is 0 Å². The highest BCUT2D eigenvalue weighted by Gasteiger charge is 2.54. The fraction of sp³-hybridized carbons (Fsp3) is 0.423. The topological polar surface area (TPSA) is 79.0 Å². The van der Waals surface area contributed by atoms with Crippen LogP contribution in [0.5, 0.6) is 0 Å². The fourth-order valence-corrected chi connectivity index (χ4v) is 4.99. The molecule has 7 nitrogen and oxygen atoms in total. The summed E-state index contributed by atoms with van der Waals surface area (Å²) in [5.74, 6) is -0.450. The average Bonchev–Trinajstić information content (AvgIpc) is 3.58. The summed E-state index contributed by atoms with van der Waals surface area (Å²) in [6.07, 6.45) is 2.82. The molecule has 0 aromatic heterocycles. The normalized spacial score (nSPS) is 21.5. The van der Waals surface area contributed by atoms with Gasteiger partial charge in [0.2, 0.25) is 5.91 Å². The number of ether oxygens (including phenoxy) is 1. The molecule has 1 spiro atoms. The van der Waals surface area contributed by atoms with Gasteiger partial charge in [-0.25, -0.2) is 0 Å². The van der Waals surface area contributed by atoms with Gasteiger partial charge in [0, 0.05) is 48.1 Å². The van der Waals surface area contributed by atoms with Crippen LogP contribution in [-0.4, -0.2) is 65.0 Å². The molecule has 1 aliphatic carbocycles. The third-order valence-electron chi connectivity index (χ3n) is 7.00. The van der Waals surface area contributed by atoms with Gasteiger partial charge in [-0.2, -0.15) is 0 Å². The third-order valence-corrected chi connectivity index (χ3v) is 7.26. The molecule has 3 aliphatic rings. The minimum Gasteiger partial charge on any atom is -0.353 e. The summed E-state index contributed by atoms with van der Waals surface area (Å²) in [4.78, 5) is 43.3. The monoisotopic (exact) mass is 481 g/mol. The van der Waals surface area contributed by atoms with Crippen LogP contribution in [0.2, 0.25) is 5.02 Å². The van der Waals surface area contributed by atoms with Crippen molar-refractivity contribution in [2.45, 2.75) is 50.4 Å². The average molecular weight is 482 g/mol. The van der Waals surface area contributed by atoms with Gasteiger partial charge in [-0.15, -0.1) is 0 Å². The SMILES string of the molecule is Cc1ccccc1C(=O)N1[C@@H](C(=O)NC2CC2)COC12CCN(C(=O)c1ccc(Cl)cc1)CC2. The van der Waals surface area contributed by atoms with E-state index in [1.165, 1.54) is 0 Å². The number of nitrogens with zero attached hydrogens (tertiary/aromatic N) is 2. The number of piperidine rings is 1. The van der Waals surface area contributed by atoms with E-state index < -0.39 is 11.8 Å². The van der Waals surface area contributed by atoms with E-state index in [0.717, 1.165) is 18.4 Å². The second-order valence-electron chi connectivity index (χ2n) is 9.35. The van der Waals surface area contributed by atoms with E-state index in [0.29, 0.717) is 42.1 Å². The van der Waals surface area contributed by atoms with E-state index in [1.807, 2.05) is 25.1 Å². The van der Waals surface area contributed by atoms with Gasteiger partial charge in [0.05, 0.1) is 6.61 Å². The number of hydrogen-bond acceptors (Lipinski definition) is 4. The first-order valence-corrected chi connectivity index (χ1v) is 12.1. The first-order chi connectivity index (χ1) is 16.4. The number of rotatable bonds is 4. The Balaban J connectivity index is 1.38. The van der Waals surface area contributed by atoms with Gasteiger partial charge in [0.15, 0.2) is 0 Å². The van der Waals surface area contributed by atoms with E-state index in [2.05, 4.69) is 5.32 Å². The van der Waals surface area contributed by atoms with E-state index in [-0.39, 0.29) is 30.4 Å². The maximum atomic E-state index is 13.8. The van der Waals surface area contributed by atoms with Crippen LogP contribution in [0.4, 0.5) is 0 Å². The smallest absolute Gasteiger partial charge is 0.257 e. The Morgan fingerprint density at radius 2 is 1.68 bits per heavy atom. The number of nitrogens with one attached hydrogen (secondary N) is 1. The quantitative estimate of drug-likeness (QED) is 0.726. The molecule has 2 saturated heterocycles. The maximum Gasteiger partial charge on any atom is 0.257 e. The Bertz CT molecular complexity index is 1110. The summed E-state index contributed by atoms with van der Waals surface area (Å²) in [5.41, 5.74) is 1.08. The predicted octanol–water partition coefficient (Wildman–Crippen LogP) is 3.40. The molecule has 2 aliphatic heterocycles. The first kappa shape index (κ1) is 22.9. The lowest BCUT2D eigenvalue weighted by molar-refractivity contribution is -0.128. The third kappa shape index (κ3) is 4.30. The molecule has 3 fully saturated rings. The minimum atomic E-state index is -0.915. The Kier molecular flexibility index (Phi) is 6.08. The van der Waals surface area contributed by atoms with E-state index >= 15 is 0 Å². The van der Waals surface area contributed by atoms with Gasteiger partial charge in [-0.1, -0.05) is 29.8 Å². The minimum absolute atomic E-state index is 0.0793. The highest BCUT2D eigenvalue weighted by Crippen LogP contribution is 2.39. The largest absolute Gasteiger partial charge is 0.353 e. The van der Waals surface area contributed by atoms with Crippen molar-refractivity contribution in [1.29, 1.82) is 0 Å². The molecule has 0 unspecified atom stereocenters. The Morgan fingerprint density at radius 3 is 2.32 bits per heavy atom. The molecule has 178 valence electrons. The molecule has 2 aromatic carbocycles. The van der Waals surface area contributed by atoms with Crippen molar-refractivity contribution >= 4 is 29.3 Å². The zero-order valence-corrected chi connectivity index (χ0v) is 19.9. The van der Waals surface area contributed by atoms with Gasteiger partial charge in [0.1, 0.15) is 11.8 Å². The number of hydrogen-bond donors (Lipinski definition) is 1. The Labute approximate surface area is 204 Å². The molecule has 0 radical (unpaired) electrons. The molecular weight excluding hydrogens is 454 g/mol. The van der Waals surface area contributed by atoms with Crippen LogP contribution in [0, 0.1) is 6.92 Å². The van der Waals surface area contributed by atoms with Crippen LogP contribution < -0.4 is 5.32 Å². The van der Waals surface area contributed by atoms with Crippen molar-refractivity contribution in [3.8, 4) is 0 Å². The van der Waals surface area contributed by atoms with Crippen LogP contribution in [-0.2, 0) is 9.53 Å². The van der Waals surface area contributed by atoms with Crippen LogP contribution in [0.25, 0.3) is 0 Å². The summed E-state index contributed by atoms with van der Waals surface area (Å²) in [7, 11) is 0. The summed E-state index contributed by atoms with van der Waals surface area (Å²) in [6.45, 7) is 2.90. The summed E-state index contributed by atoms with van der Waals surface area (Å²) in [5, 5.41) is 3.61. The van der Waals surface area contributed by atoms with Crippen molar-refractivity contribution in [2.75, 3.05) is 19.7 Å². The molecule has 1 N–H and O–H groups in total. The van der Waals surface area contributed by atoms with E-state index in [1.54, 1.807) is 40.1 Å². The zero-order chi connectivity index (χ0) is 23.9. The highest BCUT2D eigenvalue weighted by molar-refractivity contribution is 6.30. The molecule has 2 aromatic rings. The second kappa shape index (κ2) is 9.04. The second-order valence-corrected chi connectivity index (χ2v) is 9.78. The summed E-state index contributed by atoms with van der Waals surface area (Å²) < 4.78 is 6.25. The van der Waals surface area contributed by atoms with Crippen molar-refractivity contribution in [3.05, 3.63) is 70.2 Å². The van der Waals surface area contributed by atoms with E-state index in [9.17, 15) is 14.4 Å². The molecule has 1 atom stereocenters. The lowest BCUT2D eigenvalue weighted by atomic mass is 9.95. The summed E-state index contributed by atoms with van der Waals surface area (Å²) in [6, 6.07) is 13.7. The van der Waals surface area contributed by atoms with Crippen LogP contribution in [0.15, 0.2) is 48.5 Å². The standard InChI is InChI=1S/C26H28ClN3O4/c1-17-4-2-3-5-21(17)25(33)30-22(23(31)28-20-10-11-20)16-34-26(30)12-14-29(15-13-26)24(32)18-6-8-19(27)9-7-18/h2-9,20,22H,10-16H2,1H3,(H,28,31)/t22-/m1/s1. The van der Waals surface area contributed by atoms with Crippen molar-refractivity contribution < 1.29 is 19.1 Å². The van der Waals surface area contributed by atoms with Crippen molar-refractivity contribution in [2.24, 2.45) is 0 Å². The lowest BCUT2D eigenvalue weighted by Gasteiger charge is -2.44. The zero-order valence-electron chi connectivity index (χ0n) is 19.1.